The third-order valence-corrected chi connectivity index (χ3v) is 3.71. The van der Waals surface area contributed by atoms with Gasteiger partial charge in [-0.2, -0.15) is 0 Å². The van der Waals surface area contributed by atoms with E-state index >= 15 is 0 Å². The van der Waals surface area contributed by atoms with Gasteiger partial charge >= 0.3 is 0 Å². The Morgan fingerprint density at radius 2 is 2.19 bits per heavy atom. The first-order chi connectivity index (χ1) is 9.85. The van der Waals surface area contributed by atoms with E-state index in [-0.39, 0.29) is 30.1 Å². The lowest BCUT2D eigenvalue weighted by atomic mass is 9.89. The van der Waals surface area contributed by atoms with Gasteiger partial charge in [0.1, 0.15) is 0 Å². The van der Waals surface area contributed by atoms with Crippen molar-refractivity contribution in [3.05, 3.63) is 35.4 Å². The Labute approximate surface area is 144 Å². The van der Waals surface area contributed by atoms with Crippen LogP contribution in [0.3, 0.4) is 0 Å². The molecule has 2 N–H and O–H groups in total. The molecule has 1 atom stereocenters. The minimum absolute atomic E-state index is 0. The lowest BCUT2D eigenvalue weighted by molar-refractivity contribution is 0.0398. The summed E-state index contributed by atoms with van der Waals surface area (Å²) in [7, 11) is 3.64. The molecule has 0 spiro atoms. The van der Waals surface area contributed by atoms with Gasteiger partial charge in [-0.1, -0.05) is 24.3 Å². The fraction of sp³-hybridized carbons (Fsp3) is 0.562. The van der Waals surface area contributed by atoms with Crippen molar-refractivity contribution in [3.63, 3.8) is 0 Å². The molecule has 0 bridgehead atoms. The number of nitrogens with zero attached hydrogens (tertiary/aromatic N) is 1. The fourth-order valence-electron chi connectivity index (χ4n) is 2.67. The van der Waals surface area contributed by atoms with Crippen molar-refractivity contribution in [1.29, 1.82) is 0 Å². The van der Waals surface area contributed by atoms with Crippen molar-refractivity contribution in [2.24, 2.45) is 4.99 Å². The molecular weight excluding hydrogens is 377 g/mol. The number of nitrogens with one attached hydrogen (secondary N) is 2. The number of guanidine groups is 1. The Bertz CT molecular complexity index is 451. The standard InChI is InChI=1S/C16H25N3O.HI/c1-17-16(18-2)19-11-6-12-20-15-10-5-8-13-7-3-4-9-14(13)15;/h3-4,7,9,15H,5-6,8,10-12H2,1-2H3,(H2,17,18,19);1H. The summed E-state index contributed by atoms with van der Waals surface area (Å²) in [6.07, 6.45) is 4.83. The summed E-state index contributed by atoms with van der Waals surface area (Å²) in [5.41, 5.74) is 2.84. The summed E-state index contributed by atoms with van der Waals surface area (Å²) in [6.45, 7) is 1.66. The highest BCUT2D eigenvalue weighted by Gasteiger charge is 2.19. The van der Waals surface area contributed by atoms with Gasteiger partial charge in [-0.15, -0.1) is 24.0 Å². The number of benzene rings is 1. The Kier molecular flexibility index (Phi) is 8.68. The minimum Gasteiger partial charge on any atom is -0.373 e. The van der Waals surface area contributed by atoms with Crippen molar-refractivity contribution in [3.8, 4) is 0 Å². The van der Waals surface area contributed by atoms with Crippen LogP contribution in [0.2, 0.25) is 0 Å². The molecule has 0 aromatic heterocycles. The van der Waals surface area contributed by atoms with Crippen LogP contribution in [0.25, 0.3) is 0 Å². The molecule has 1 unspecified atom stereocenters. The summed E-state index contributed by atoms with van der Waals surface area (Å²) < 4.78 is 6.06. The second-order valence-corrected chi connectivity index (χ2v) is 5.05. The largest absolute Gasteiger partial charge is 0.373 e. The van der Waals surface area contributed by atoms with Crippen molar-refractivity contribution < 1.29 is 4.74 Å². The quantitative estimate of drug-likeness (QED) is 0.344. The molecule has 5 heteroatoms. The SMILES string of the molecule is CN=C(NC)NCCCOC1CCCc2ccccc21.I. The maximum Gasteiger partial charge on any atom is 0.190 e. The van der Waals surface area contributed by atoms with Crippen molar-refractivity contribution in [2.75, 3.05) is 27.2 Å². The average molecular weight is 403 g/mol. The molecule has 4 nitrogen and oxygen atoms in total. The summed E-state index contributed by atoms with van der Waals surface area (Å²) in [5, 5.41) is 6.24. The van der Waals surface area contributed by atoms with E-state index in [4.69, 9.17) is 4.74 Å². The third-order valence-electron chi connectivity index (χ3n) is 3.71. The number of rotatable bonds is 5. The number of halogens is 1. The summed E-state index contributed by atoms with van der Waals surface area (Å²) >= 11 is 0. The number of hydrogen-bond donors (Lipinski definition) is 2. The predicted molar refractivity (Wildman–Crippen MR) is 98.5 cm³/mol. The third kappa shape index (κ3) is 5.47. The van der Waals surface area contributed by atoms with Crippen molar-refractivity contribution >= 4 is 29.9 Å². The number of ether oxygens (including phenoxy) is 1. The maximum atomic E-state index is 6.06. The second kappa shape index (κ2) is 10.00. The van der Waals surface area contributed by atoms with Gasteiger partial charge in [0.2, 0.25) is 0 Å². The molecule has 0 fully saturated rings. The second-order valence-electron chi connectivity index (χ2n) is 5.05. The molecule has 0 saturated heterocycles. The molecule has 118 valence electrons. The normalized spacial score (nSPS) is 17.6. The van der Waals surface area contributed by atoms with E-state index < -0.39 is 0 Å². The lowest BCUT2D eigenvalue weighted by Gasteiger charge is -2.25. The Hall–Kier alpha value is -0.820. The van der Waals surface area contributed by atoms with Crippen LogP contribution in [0, 0.1) is 0 Å². The predicted octanol–water partition coefficient (Wildman–Crippen LogP) is 2.88. The van der Waals surface area contributed by atoms with Gasteiger partial charge in [0, 0.05) is 27.2 Å². The molecule has 1 aliphatic carbocycles. The smallest absolute Gasteiger partial charge is 0.190 e. The first-order valence-corrected chi connectivity index (χ1v) is 7.43. The summed E-state index contributed by atoms with van der Waals surface area (Å²) in [4.78, 5) is 4.08. The van der Waals surface area contributed by atoms with Gasteiger partial charge in [-0.25, -0.2) is 0 Å². The van der Waals surface area contributed by atoms with E-state index in [0.29, 0.717) is 0 Å². The molecule has 1 aromatic carbocycles. The number of aliphatic imine (C=N–C) groups is 1. The molecule has 0 saturated carbocycles. The number of hydrogen-bond acceptors (Lipinski definition) is 2. The molecule has 1 aromatic rings. The lowest BCUT2D eigenvalue weighted by Crippen LogP contribution is -2.35. The molecule has 0 radical (unpaired) electrons. The Balaban J connectivity index is 0.00000220. The molecule has 0 amide bonds. The molecule has 0 heterocycles. The van der Waals surface area contributed by atoms with E-state index in [2.05, 4.69) is 39.9 Å². The van der Waals surface area contributed by atoms with Gasteiger partial charge in [0.25, 0.3) is 0 Å². The van der Waals surface area contributed by atoms with Crippen LogP contribution in [-0.2, 0) is 11.2 Å². The topological polar surface area (TPSA) is 45.7 Å². The van der Waals surface area contributed by atoms with E-state index in [1.165, 1.54) is 24.0 Å². The highest BCUT2D eigenvalue weighted by molar-refractivity contribution is 14.0. The Morgan fingerprint density at radius 1 is 1.38 bits per heavy atom. The van der Waals surface area contributed by atoms with Crippen LogP contribution in [0.4, 0.5) is 0 Å². The van der Waals surface area contributed by atoms with E-state index in [9.17, 15) is 0 Å². The zero-order valence-electron chi connectivity index (χ0n) is 12.9. The summed E-state index contributed by atoms with van der Waals surface area (Å²) in [6, 6.07) is 8.66. The highest BCUT2D eigenvalue weighted by atomic mass is 127. The minimum atomic E-state index is 0. The van der Waals surface area contributed by atoms with Crippen LogP contribution in [0.15, 0.2) is 29.3 Å². The Morgan fingerprint density at radius 3 is 2.95 bits per heavy atom. The molecular formula is C16H26IN3O. The van der Waals surface area contributed by atoms with Gasteiger partial charge in [0.15, 0.2) is 5.96 Å². The van der Waals surface area contributed by atoms with Crippen LogP contribution in [0.1, 0.15) is 36.5 Å². The van der Waals surface area contributed by atoms with E-state index in [1.807, 2.05) is 7.05 Å². The monoisotopic (exact) mass is 403 g/mol. The van der Waals surface area contributed by atoms with E-state index in [0.717, 1.165) is 32.0 Å². The zero-order chi connectivity index (χ0) is 14.2. The van der Waals surface area contributed by atoms with Gasteiger partial charge < -0.3 is 15.4 Å². The molecule has 2 rings (SSSR count). The molecule has 0 aliphatic heterocycles. The van der Waals surface area contributed by atoms with E-state index in [1.54, 1.807) is 7.05 Å². The number of fused-ring (bicyclic) bond motifs is 1. The average Bonchev–Trinajstić information content (AvgIpc) is 2.51. The van der Waals surface area contributed by atoms with Crippen LogP contribution < -0.4 is 10.6 Å². The van der Waals surface area contributed by atoms with Crippen molar-refractivity contribution in [2.45, 2.75) is 31.8 Å². The van der Waals surface area contributed by atoms with Gasteiger partial charge in [-0.05, 0) is 36.8 Å². The first kappa shape index (κ1) is 18.2. The highest BCUT2D eigenvalue weighted by Crippen LogP contribution is 2.32. The van der Waals surface area contributed by atoms with Gasteiger partial charge in [-0.3, -0.25) is 4.99 Å². The van der Waals surface area contributed by atoms with Crippen molar-refractivity contribution in [1.82, 2.24) is 10.6 Å². The summed E-state index contributed by atoms with van der Waals surface area (Å²) in [5.74, 6) is 0.827. The van der Waals surface area contributed by atoms with Gasteiger partial charge in [0.05, 0.1) is 6.10 Å². The maximum absolute atomic E-state index is 6.06. The van der Waals surface area contributed by atoms with Crippen LogP contribution in [0.5, 0.6) is 0 Å². The number of aryl methyl sites for hydroxylation is 1. The molecule has 1 aliphatic rings. The molecule has 21 heavy (non-hydrogen) atoms. The fourth-order valence-corrected chi connectivity index (χ4v) is 2.67. The van der Waals surface area contributed by atoms with Crippen LogP contribution in [-0.4, -0.2) is 33.2 Å². The van der Waals surface area contributed by atoms with Crippen LogP contribution >= 0.6 is 24.0 Å². The zero-order valence-corrected chi connectivity index (χ0v) is 15.2. The first-order valence-electron chi connectivity index (χ1n) is 7.43.